The van der Waals surface area contributed by atoms with E-state index in [9.17, 15) is 0 Å². The Hall–Kier alpha value is -0.700. The normalized spacial score (nSPS) is 13.0. The minimum Gasteiger partial charge on any atom is -0.488 e. The molecule has 0 saturated carbocycles. The molecule has 0 heterocycles. The first-order valence-electron chi connectivity index (χ1n) is 5.03. The van der Waals surface area contributed by atoms with Gasteiger partial charge in [-0.25, -0.2) is 0 Å². The van der Waals surface area contributed by atoms with Crippen LogP contribution in [0.4, 0.5) is 0 Å². The third kappa shape index (κ3) is 3.71. The Morgan fingerprint density at radius 1 is 1.50 bits per heavy atom. The second-order valence-corrected chi connectivity index (χ2v) is 4.03. The van der Waals surface area contributed by atoms with Gasteiger partial charge >= 0.3 is 0 Å². The molecule has 88 valence electrons. The smallest absolute Gasteiger partial charge is 0.138 e. The molecule has 0 spiro atoms. The summed E-state index contributed by atoms with van der Waals surface area (Å²) in [5.74, 6) is 0.670. The van der Waals surface area contributed by atoms with Crippen molar-refractivity contribution in [3.05, 3.63) is 40.4 Å². The molecule has 0 amide bonds. The summed E-state index contributed by atoms with van der Waals surface area (Å²) < 4.78 is 5.42. The van der Waals surface area contributed by atoms with Crippen LogP contribution in [0.1, 0.15) is 18.5 Å². The second-order valence-electron chi connectivity index (χ2n) is 3.37. The topological polar surface area (TPSA) is 21.3 Å². The van der Waals surface area contributed by atoms with Crippen molar-refractivity contribution >= 4 is 23.2 Å². The van der Waals surface area contributed by atoms with Crippen molar-refractivity contribution in [3.63, 3.8) is 0 Å². The summed E-state index contributed by atoms with van der Waals surface area (Å²) in [7, 11) is 1.91. The van der Waals surface area contributed by atoms with Crippen molar-refractivity contribution < 1.29 is 4.74 Å². The van der Waals surface area contributed by atoms with E-state index in [0.29, 0.717) is 17.4 Å². The molecule has 16 heavy (non-hydrogen) atoms. The van der Waals surface area contributed by atoms with Gasteiger partial charge in [0.15, 0.2) is 0 Å². The van der Waals surface area contributed by atoms with Crippen LogP contribution in [0.3, 0.4) is 0 Å². The predicted octanol–water partition coefficient (Wildman–Crippen LogP) is 3.75. The third-order valence-electron chi connectivity index (χ3n) is 2.31. The Labute approximate surface area is 106 Å². The van der Waals surface area contributed by atoms with Crippen LogP contribution in [0.25, 0.3) is 0 Å². The van der Waals surface area contributed by atoms with Crippen molar-refractivity contribution in [3.8, 4) is 5.75 Å². The highest BCUT2D eigenvalue weighted by Crippen LogP contribution is 2.27. The zero-order valence-electron chi connectivity index (χ0n) is 9.34. The van der Waals surface area contributed by atoms with Crippen molar-refractivity contribution in [1.82, 2.24) is 5.32 Å². The Kier molecular flexibility index (Phi) is 5.67. The number of nitrogens with one attached hydrogen (secondary N) is 1. The maximum Gasteiger partial charge on any atom is 0.138 e. The lowest BCUT2D eigenvalue weighted by atomic mass is 10.1. The summed E-state index contributed by atoms with van der Waals surface area (Å²) >= 11 is 11.5. The molecule has 0 aliphatic carbocycles. The zero-order chi connectivity index (χ0) is 12.0. The first-order valence-corrected chi connectivity index (χ1v) is 5.85. The van der Waals surface area contributed by atoms with E-state index in [1.807, 2.05) is 25.2 Å². The van der Waals surface area contributed by atoms with Crippen molar-refractivity contribution in [2.75, 3.05) is 13.7 Å². The van der Waals surface area contributed by atoms with Crippen LogP contribution in [-0.4, -0.2) is 13.7 Å². The van der Waals surface area contributed by atoms with Gasteiger partial charge in [-0.05, 0) is 37.7 Å². The molecule has 1 aromatic rings. The van der Waals surface area contributed by atoms with Gasteiger partial charge in [-0.1, -0.05) is 29.3 Å². The molecule has 1 aromatic carbocycles. The number of ether oxygens (including phenoxy) is 1. The molecule has 1 N–H and O–H groups in total. The third-order valence-corrected chi connectivity index (χ3v) is 2.79. The summed E-state index contributed by atoms with van der Waals surface area (Å²) in [6.07, 6.45) is 1.71. The molecule has 0 aromatic heterocycles. The van der Waals surface area contributed by atoms with Crippen LogP contribution in [0.2, 0.25) is 5.02 Å². The van der Waals surface area contributed by atoms with Crippen LogP contribution >= 0.6 is 23.2 Å². The lowest BCUT2D eigenvalue weighted by Gasteiger charge is -2.12. The fourth-order valence-corrected chi connectivity index (χ4v) is 1.56. The lowest BCUT2D eigenvalue weighted by Crippen LogP contribution is -2.12. The Morgan fingerprint density at radius 3 is 2.81 bits per heavy atom. The van der Waals surface area contributed by atoms with E-state index in [2.05, 4.69) is 12.2 Å². The molecule has 1 unspecified atom stereocenters. The van der Waals surface area contributed by atoms with Crippen LogP contribution in [0.15, 0.2) is 29.8 Å². The average molecular weight is 260 g/mol. The molecular weight excluding hydrogens is 245 g/mol. The Morgan fingerprint density at radius 2 is 2.25 bits per heavy atom. The number of halogens is 2. The summed E-state index contributed by atoms with van der Waals surface area (Å²) in [4.78, 5) is 0. The van der Waals surface area contributed by atoms with Crippen LogP contribution in [-0.2, 0) is 0 Å². The maximum atomic E-state index is 6.10. The van der Waals surface area contributed by atoms with Gasteiger partial charge in [0, 0.05) is 11.6 Å². The Balaban J connectivity index is 2.75. The summed E-state index contributed by atoms with van der Waals surface area (Å²) in [6, 6.07) is 6.04. The fraction of sp³-hybridized carbons (Fsp3) is 0.333. The number of rotatable bonds is 5. The molecule has 0 fully saturated rings. The first kappa shape index (κ1) is 13.4. The quantitative estimate of drug-likeness (QED) is 0.870. The summed E-state index contributed by atoms with van der Waals surface area (Å²) in [5.41, 5.74) is 2.55. The molecule has 0 aliphatic heterocycles. The summed E-state index contributed by atoms with van der Waals surface area (Å²) in [5, 5.41) is 3.77. The highest BCUT2D eigenvalue weighted by Gasteiger charge is 2.06. The van der Waals surface area contributed by atoms with Crippen molar-refractivity contribution in [2.24, 2.45) is 0 Å². The molecule has 1 rings (SSSR count). The first-order chi connectivity index (χ1) is 7.69. The van der Waals surface area contributed by atoms with Crippen LogP contribution < -0.4 is 10.1 Å². The number of hydrogen-bond acceptors (Lipinski definition) is 2. The van der Waals surface area contributed by atoms with E-state index in [-0.39, 0.29) is 6.04 Å². The highest BCUT2D eigenvalue weighted by molar-refractivity contribution is 6.32. The van der Waals surface area contributed by atoms with Gasteiger partial charge in [-0.3, -0.25) is 0 Å². The monoisotopic (exact) mass is 259 g/mol. The van der Waals surface area contributed by atoms with Crippen molar-refractivity contribution in [2.45, 2.75) is 13.0 Å². The number of benzene rings is 1. The van der Waals surface area contributed by atoms with Gasteiger partial charge in [-0.2, -0.15) is 0 Å². The molecule has 2 nitrogen and oxygen atoms in total. The SMILES string of the molecule is CNC(C)c1ccc(OC/C=C/Cl)c(Cl)c1. The minimum atomic E-state index is 0.272. The highest BCUT2D eigenvalue weighted by atomic mass is 35.5. The second kappa shape index (κ2) is 6.79. The molecule has 0 radical (unpaired) electrons. The van der Waals surface area contributed by atoms with E-state index in [4.69, 9.17) is 27.9 Å². The van der Waals surface area contributed by atoms with E-state index < -0.39 is 0 Å². The van der Waals surface area contributed by atoms with E-state index in [1.54, 1.807) is 6.08 Å². The predicted molar refractivity (Wildman–Crippen MR) is 69.4 cm³/mol. The van der Waals surface area contributed by atoms with E-state index >= 15 is 0 Å². The Bertz CT molecular complexity index is 366. The van der Waals surface area contributed by atoms with Crippen LogP contribution in [0, 0.1) is 0 Å². The minimum absolute atomic E-state index is 0.272. The van der Waals surface area contributed by atoms with Gasteiger partial charge in [0.1, 0.15) is 12.4 Å². The van der Waals surface area contributed by atoms with Gasteiger partial charge in [0.05, 0.1) is 5.02 Å². The molecule has 4 heteroatoms. The van der Waals surface area contributed by atoms with E-state index in [1.165, 1.54) is 5.54 Å². The molecule has 1 atom stereocenters. The molecule has 0 aliphatic rings. The van der Waals surface area contributed by atoms with Gasteiger partial charge in [0.25, 0.3) is 0 Å². The van der Waals surface area contributed by atoms with Crippen LogP contribution in [0.5, 0.6) is 5.75 Å². The average Bonchev–Trinajstić information content (AvgIpc) is 2.30. The lowest BCUT2D eigenvalue weighted by molar-refractivity contribution is 0.363. The molecule has 0 bridgehead atoms. The molecular formula is C12H15Cl2NO. The van der Waals surface area contributed by atoms with Crippen molar-refractivity contribution in [1.29, 1.82) is 0 Å². The maximum absolute atomic E-state index is 6.10. The standard InChI is InChI=1S/C12H15Cl2NO/c1-9(15-2)10-4-5-12(11(14)8-10)16-7-3-6-13/h3-6,8-9,15H,7H2,1-2H3/b6-3+. The van der Waals surface area contributed by atoms with E-state index in [0.717, 1.165) is 5.56 Å². The largest absolute Gasteiger partial charge is 0.488 e. The summed E-state index contributed by atoms with van der Waals surface area (Å²) in [6.45, 7) is 2.49. The van der Waals surface area contributed by atoms with Gasteiger partial charge in [0.2, 0.25) is 0 Å². The number of hydrogen-bond donors (Lipinski definition) is 1. The molecule has 0 saturated heterocycles. The zero-order valence-corrected chi connectivity index (χ0v) is 10.8. The fourth-order valence-electron chi connectivity index (χ4n) is 1.24. The van der Waals surface area contributed by atoms with Gasteiger partial charge < -0.3 is 10.1 Å². The van der Waals surface area contributed by atoms with Gasteiger partial charge in [-0.15, -0.1) is 0 Å².